The first-order valence-electron chi connectivity index (χ1n) is 5.16. The Hall–Kier alpha value is -1.42. The number of rotatable bonds is 1. The van der Waals surface area contributed by atoms with Crippen LogP contribution in [0.15, 0.2) is 23.2 Å². The van der Waals surface area contributed by atoms with E-state index in [0.717, 1.165) is 0 Å². The van der Waals surface area contributed by atoms with Crippen LogP contribution in [0.4, 0.5) is 4.39 Å². The lowest BCUT2D eigenvalue weighted by Crippen LogP contribution is -2.33. The molecule has 0 fully saturated rings. The van der Waals surface area contributed by atoms with Crippen LogP contribution in [0, 0.1) is 12.7 Å². The molecule has 16 heavy (non-hydrogen) atoms. The Balaban J connectivity index is 3.15. The summed E-state index contributed by atoms with van der Waals surface area (Å²) in [5.74, 6) is 5.63. The van der Waals surface area contributed by atoms with Crippen molar-refractivity contribution in [3.05, 3.63) is 35.1 Å². The van der Waals surface area contributed by atoms with Gasteiger partial charge in [-0.05, 0) is 39.3 Å². The molecule has 1 rings (SSSR count). The number of hydrogen-bond acceptors (Lipinski definition) is 2. The molecule has 0 aliphatic heterocycles. The molecule has 0 aliphatic rings. The number of amidine groups is 1. The van der Waals surface area contributed by atoms with Crippen molar-refractivity contribution < 1.29 is 4.39 Å². The molecule has 3 N–H and O–H groups in total. The zero-order valence-corrected chi connectivity index (χ0v) is 10.1. The molecule has 88 valence electrons. The van der Waals surface area contributed by atoms with Crippen molar-refractivity contribution in [3.8, 4) is 0 Å². The molecule has 4 heteroatoms. The van der Waals surface area contributed by atoms with E-state index in [4.69, 9.17) is 5.84 Å². The maximum atomic E-state index is 13.4. The van der Waals surface area contributed by atoms with E-state index in [1.165, 1.54) is 6.07 Å². The zero-order valence-electron chi connectivity index (χ0n) is 10.1. The van der Waals surface area contributed by atoms with Gasteiger partial charge in [-0.1, -0.05) is 12.1 Å². The van der Waals surface area contributed by atoms with Crippen molar-refractivity contribution in [2.45, 2.75) is 33.2 Å². The minimum absolute atomic E-state index is 0.255. The third-order valence-electron chi connectivity index (χ3n) is 2.03. The smallest absolute Gasteiger partial charge is 0.143 e. The van der Waals surface area contributed by atoms with E-state index in [-0.39, 0.29) is 11.4 Å². The van der Waals surface area contributed by atoms with Crippen LogP contribution in [-0.4, -0.2) is 11.4 Å². The molecule has 0 atom stereocenters. The first-order chi connectivity index (χ1) is 7.33. The summed E-state index contributed by atoms with van der Waals surface area (Å²) in [6, 6.07) is 4.93. The quantitative estimate of drug-likeness (QED) is 0.332. The standard InChI is InChI=1S/C12H18FN3/c1-8-5-6-9(7-10(8)13)11(16-14)15-12(2,3)4/h5-7H,14H2,1-4H3,(H,15,16). The molecule has 0 amide bonds. The summed E-state index contributed by atoms with van der Waals surface area (Å²) in [5.41, 5.74) is 3.50. The van der Waals surface area contributed by atoms with E-state index >= 15 is 0 Å². The van der Waals surface area contributed by atoms with Gasteiger partial charge < -0.3 is 5.43 Å². The van der Waals surface area contributed by atoms with Gasteiger partial charge in [0.05, 0.1) is 5.54 Å². The number of nitrogens with two attached hydrogens (primary N) is 1. The number of nitrogens with zero attached hydrogens (tertiary/aromatic N) is 1. The van der Waals surface area contributed by atoms with Crippen LogP contribution in [0.5, 0.6) is 0 Å². The molecule has 0 heterocycles. The fraction of sp³-hybridized carbons (Fsp3) is 0.417. The Kier molecular flexibility index (Phi) is 3.65. The average Bonchev–Trinajstić information content (AvgIpc) is 2.17. The monoisotopic (exact) mass is 223 g/mol. The molecule has 0 aliphatic carbocycles. The molecule has 1 aromatic carbocycles. The predicted molar refractivity (Wildman–Crippen MR) is 64.8 cm³/mol. The summed E-state index contributed by atoms with van der Waals surface area (Å²) in [6.07, 6.45) is 0. The average molecular weight is 223 g/mol. The molecule has 0 saturated heterocycles. The van der Waals surface area contributed by atoms with Crippen molar-refractivity contribution >= 4 is 5.84 Å². The summed E-state index contributed by atoms with van der Waals surface area (Å²) in [7, 11) is 0. The van der Waals surface area contributed by atoms with Gasteiger partial charge in [-0.3, -0.25) is 4.99 Å². The molecule has 0 saturated carbocycles. The van der Waals surface area contributed by atoms with Gasteiger partial charge in [-0.2, -0.15) is 0 Å². The van der Waals surface area contributed by atoms with E-state index in [9.17, 15) is 4.39 Å². The van der Waals surface area contributed by atoms with E-state index in [2.05, 4.69) is 10.4 Å². The summed E-state index contributed by atoms with van der Waals surface area (Å²) >= 11 is 0. The molecular weight excluding hydrogens is 205 g/mol. The highest BCUT2D eigenvalue weighted by atomic mass is 19.1. The number of hydrogen-bond donors (Lipinski definition) is 2. The number of nitrogens with one attached hydrogen (secondary N) is 1. The van der Waals surface area contributed by atoms with Gasteiger partial charge in [0.2, 0.25) is 0 Å². The van der Waals surface area contributed by atoms with Crippen LogP contribution in [0.1, 0.15) is 31.9 Å². The molecular formula is C12H18FN3. The highest BCUT2D eigenvalue weighted by Gasteiger charge is 2.11. The van der Waals surface area contributed by atoms with E-state index < -0.39 is 0 Å². The predicted octanol–water partition coefficient (Wildman–Crippen LogP) is 2.14. The second kappa shape index (κ2) is 4.61. The van der Waals surface area contributed by atoms with Crippen LogP contribution in [0.25, 0.3) is 0 Å². The van der Waals surface area contributed by atoms with Gasteiger partial charge in [0.1, 0.15) is 11.7 Å². The lowest BCUT2D eigenvalue weighted by molar-refractivity contribution is 0.579. The van der Waals surface area contributed by atoms with Crippen molar-refractivity contribution in [1.82, 2.24) is 5.43 Å². The summed E-state index contributed by atoms with van der Waals surface area (Å²) in [6.45, 7) is 7.58. The van der Waals surface area contributed by atoms with Crippen LogP contribution in [-0.2, 0) is 0 Å². The Morgan fingerprint density at radius 1 is 1.38 bits per heavy atom. The number of aliphatic imine (C=N–C) groups is 1. The zero-order chi connectivity index (χ0) is 12.3. The van der Waals surface area contributed by atoms with Gasteiger partial charge in [0.25, 0.3) is 0 Å². The molecule has 0 bridgehead atoms. The molecule has 1 aromatic rings. The minimum atomic E-state index is -0.261. The van der Waals surface area contributed by atoms with Gasteiger partial charge in [-0.25, -0.2) is 10.2 Å². The lowest BCUT2D eigenvalue weighted by Gasteiger charge is -2.16. The topological polar surface area (TPSA) is 50.4 Å². The van der Waals surface area contributed by atoms with Crippen molar-refractivity contribution in [3.63, 3.8) is 0 Å². The van der Waals surface area contributed by atoms with Crippen LogP contribution >= 0.6 is 0 Å². The van der Waals surface area contributed by atoms with Gasteiger partial charge in [-0.15, -0.1) is 0 Å². The van der Waals surface area contributed by atoms with E-state index in [1.807, 2.05) is 20.8 Å². The molecule has 0 radical (unpaired) electrons. The van der Waals surface area contributed by atoms with Gasteiger partial charge in [0.15, 0.2) is 0 Å². The summed E-state index contributed by atoms with van der Waals surface area (Å²) in [4.78, 5) is 4.38. The first-order valence-corrected chi connectivity index (χ1v) is 5.16. The number of halogens is 1. The summed E-state index contributed by atoms with van der Waals surface area (Å²) < 4.78 is 13.4. The fourth-order valence-corrected chi connectivity index (χ4v) is 1.26. The third kappa shape index (κ3) is 3.31. The Labute approximate surface area is 95.5 Å². The third-order valence-corrected chi connectivity index (χ3v) is 2.03. The van der Waals surface area contributed by atoms with Crippen LogP contribution in [0.2, 0.25) is 0 Å². The molecule has 0 aromatic heterocycles. The second-order valence-electron chi connectivity index (χ2n) is 4.74. The number of benzene rings is 1. The highest BCUT2D eigenvalue weighted by Crippen LogP contribution is 2.12. The molecule has 3 nitrogen and oxygen atoms in total. The molecule has 0 spiro atoms. The SMILES string of the molecule is Cc1ccc(C(=NC(C)(C)C)NN)cc1F. The van der Waals surface area contributed by atoms with Crippen molar-refractivity contribution in [1.29, 1.82) is 0 Å². The molecule has 0 unspecified atom stereocenters. The van der Waals surface area contributed by atoms with Crippen molar-refractivity contribution in [2.75, 3.05) is 0 Å². The summed E-state index contributed by atoms with van der Waals surface area (Å²) in [5, 5.41) is 0. The van der Waals surface area contributed by atoms with E-state index in [1.54, 1.807) is 19.1 Å². The highest BCUT2D eigenvalue weighted by molar-refractivity contribution is 5.98. The second-order valence-corrected chi connectivity index (χ2v) is 4.74. The van der Waals surface area contributed by atoms with Crippen LogP contribution in [0.3, 0.4) is 0 Å². The van der Waals surface area contributed by atoms with Gasteiger partial charge >= 0.3 is 0 Å². The first kappa shape index (κ1) is 12.6. The Morgan fingerprint density at radius 2 is 2.00 bits per heavy atom. The number of hydrazine groups is 1. The Morgan fingerprint density at radius 3 is 2.44 bits per heavy atom. The maximum absolute atomic E-state index is 13.4. The minimum Gasteiger partial charge on any atom is -0.308 e. The van der Waals surface area contributed by atoms with Crippen molar-refractivity contribution in [2.24, 2.45) is 10.8 Å². The van der Waals surface area contributed by atoms with Crippen LogP contribution < -0.4 is 11.3 Å². The number of aryl methyl sites for hydroxylation is 1. The Bertz CT molecular complexity index is 405. The lowest BCUT2D eigenvalue weighted by atomic mass is 10.1. The normalized spacial score (nSPS) is 12.8. The van der Waals surface area contributed by atoms with Gasteiger partial charge in [0, 0.05) is 5.56 Å². The van der Waals surface area contributed by atoms with E-state index in [0.29, 0.717) is 17.0 Å². The maximum Gasteiger partial charge on any atom is 0.143 e. The largest absolute Gasteiger partial charge is 0.308 e. The fourth-order valence-electron chi connectivity index (χ4n) is 1.26.